The van der Waals surface area contributed by atoms with E-state index in [1.165, 1.54) is 12.1 Å². The summed E-state index contributed by atoms with van der Waals surface area (Å²) in [5, 5.41) is 1.80. The first-order valence-electron chi connectivity index (χ1n) is 4.02. The Hall–Kier alpha value is -2.37. The lowest BCUT2D eigenvalue weighted by atomic mass is 10.1. The first kappa shape index (κ1) is 10.7. The minimum Gasteiger partial charge on any atom is -0.398 e. The third-order valence-corrected chi connectivity index (χ3v) is 1.66. The molecule has 15 heavy (non-hydrogen) atoms. The fraction of sp³-hybridized carbons (Fsp3) is 0. The number of carbonyl (C=O) groups excluding carboxylic acids is 3. The molecule has 0 fully saturated rings. The van der Waals surface area contributed by atoms with Gasteiger partial charge < -0.3 is 11.5 Å². The first-order valence-corrected chi connectivity index (χ1v) is 4.02. The number of imide groups is 1. The van der Waals surface area contributed by atoms with E-state index in [0.29, 0.717) is 0 Å². The molecule has 0 heterocycles. The standard InChI is InChI=1S/C9H9N3O3/c10-6-4-2-1-3-5(6)8(14)12-9(15)7(11)13/h1-4H,10H2,(H2,11,13)(H,12,14,15). The highest BCUT2D eigenvalue weighted by Crippen LogP contribution is 2.09. The predicted octanol–water partition coefficient (Wildman–Crippen LogP) is -0.989. The lowest BCUT2D eigenvalue weighted by Gasteiger charge is -2.03. The highest BCUT2D eigenvalue weighted by Gasteiger charge is 2.15. The predicted molar refractivity (Wildman–Crippen MR) is 52.5 cm³/mol. The monoisotopic (exact) mass is 207 g/mol. The highest BCUT2D eigenvalue weighted by molar-refractivity contribution is 6.38. The second-order valence-electron chi connectivity index (χ2n) is 2.73. The average molecular weight is 207 g/mol. The van der Waals surface area contributed by atoms with E-state index in [9.17, 15) is 14.4 Å². The number of benzene rings is 1. The van der Waals surface area contributed by atoms with E-state index in [1.807, 2.05) is 0 Å². The summed E-state index contributed by atoms with van der Waals surface area (Å²) < 4.78 is 0. The molecule has 5 N–H and O–H groups in total. The van der Waals surface area contributed by atoms with E-state index in [4.69, 9.17) is 5.73 Å². The molecule has 0 spiro atoms. The van der Waals surface area contributed by atoms with E-state index in [-0.39, 0.29) is 11.3 Å². The molecule has 6 heteroatoms. The number of carbonyl (C=O) groups is 3. The summed E-state index contributed by atoms with van der Waals surface area (Å²) >= 11 is 0. The Bertz CT molecular complexity index is 428. The summed E-state index contributed by atoms with van der Waals surface area (Å²) in [5.74, 6) is -3.14. The van der Waals surface area contributed by atoms with Crippen molar-refractivity contribution < 1.29 is 14.4 Å². The van der Waals surface area contributed by atoms with Crippen LogP contribution < -0.4 is 16.8 Å². The molecule has 0 saturated carbocycles. The molecule has 1 rings (SSSR count). The third kappa shape index (κ3) is 2.53. The molecular formula is C9H9N3O3. The van der Waals surface area contributed by atoms with Crippen LogP contribution in [0.4, 0.5) is 5.69 Å². The molecule has 1 aromatic rings. The van der Waals surface area contributed by atoms with E-state index >= 15 is 0 Å². The third-order valence-electron chi connectivity index (χ3n) is 1.66. The van der Waals surface area contributed by atoms with E-state index < -0.39 is 17.7 Å². The fourth-order valence-corrected chi connectivity index (χ4v) is 0.936. The Morgan fingerprint density at radius 1 is 1.13 bits per heavy atom. The van der Waals surface area contributed by atoms with Gasteiger partial charge in [-0.2, -0.15) is 0 Å². The van der Waals surface area contributed by atoms with Gasteiger partial charge in [-0.05, 0) is 12.1 Å². The van der Waals surface area contributed by atoms with Crippen LogP contribution in [0.2, 0.25) is 0 Å². The lowest BCUT2D eigenvalue weighted by Crippen LogP contribution is -2.39. The molecule has 0 aromatic heterocycles. The zero-order chi connectivity index (χ0) is 11.4. The first-order chi connectivity index (χ1) is 7.02. The largest absolute Gasteiger partial charge is 0.398 e. The minimum atomic E-state index is -1.22. The van der Waals surface area contributed by atoms with Crippen molar-refractivity contribution in [1.29, 1.82) is 0 Å². The smallest absolute Gasteiger partial charge is 0.315 e. The highest BCUT2D eigenvalue weighted by atomic mass is 16.2. The Morgan fingerprint density at radius 2 is 1.73 bits per heavy atom. The molecule has 3 amide bonds. The van der Waals surface area contributed by atoms with Crippen molar-refractivity contribution in [3.8, 4) is 0 Å². The van der Waals surface area contributed by atoms with Gasteiger partial charge in [-0.1, -0.05) is 12.1 Å². The number of nitrogens with two attached hydrogens (primary N) is 2. The molecule has 0 atom stereocenters. The second-order valence-corrected chi connectivity index (χ2v) is 2.73. The fourth-order valence-electron chi connectivity index (χ4n) is 0.936. The minimum absolute atomic E-state index is 0.118. The van der Waals surface area contributed by atoms with Gasteiger partial charge in [-0.15, -0.1) is 0 Å². The van der Waals surface area contributed by atoms with Gasteiger partial charge in [0.15, 0.2) is 0 Å². The summed E-state index contributed by atoms with van der Waals surface area (Å²) in [6.07, 6.45) is 0. The summed E-state index contributed by atoms with van der Waals surface area (Å²) in [6, 6.07) is 6.16. The zero-order valence-electron chi connectivity index (χ0n) is 7.69. The van der Waals surface area contributed by atoms with Gasteiger partial charge in [0.2, 0.25) is 0 Å². The number of primary amides is 1. The number of amides is 3. The van der Waals surface area contributed by atoms with Gasteiger partial charge in [-0.3, -0.25) is 19.7 Å². The van der Waals surface area contributed by atoms with Crippen molar-refractivity contribution in [2.24, 2.45) is 5.73 Å². The van der Waals surface area contributed by atoms with Gasteiger partial charge in [0, 0.05) is 5.69 Å². The molecule has 0 aliphatic heterocycles. The zero-order valence-corrected chi connectivity index (χ0v) is 7.69. The average Bonchev–Trinajstić information content (AvgIpc) is 2.18. The number of para-hydroxylation sites is 1. The molecule has 0 unspecified atom stereocenters. The Kier molecular flexibility index (Phi) is 3.02. The van der Waals surface area contributed by atoms with Gasteiger partial charge in [0.05, 0.1) is 5.56 Å². The summed E-state index contributed by atoms with van der Waals surface area (Å²) in [5.41, 5.74) is 10.5. The summed E-state index contributed by atoms with van der Waals surface area (Å²) in [7, 11) is 0. The maximum Gasteiger partial charge on any atom is 0.315 e. The Balaban J connectivity index is 2.83. The molecule has 0 aliphatic rings. The number of hydrogen-bond donors (Lipinski definition) is 3. The van der Waals surface area contributed by atoms with Crippen LogP contribution in [0.5, 0.6) is 0 Å². The molecule has 0 aliphatic carbocycles. The van der Waals surface area contributed by atoms with Crippen molar-refractivity contribution in [2.75, 3.05) is 5.73 Å². The quantitative estimate of drug-likeness (QED) is 0.405. The number of anilines is 1. The molecule has 1 aromatic carbocycles. The lowest BCUT2D eigenvalue weighted by molar-refractivity contribution is -0.136. The van der Waals surface area contributed by atoms with E-state index in [0.717, 1.165) is 0 Å². The van der Waals surface area contributed by atoms with Crippen LogP contribution in [0.15, 0.2) is 24.3 Å². The van der Waals surface area contributed by atoms with Crippen molar-refractivity contribution in [3.63, 3.8) is 0 Å². The molecular weight excluding hydrogens is 198 g/mol. The van der Waals surface area contributed by atoms with Gasteiger partial charge in [-0.25, -0.2) is 0 Å². The number of nitrogen functional groups attached to an aromatic ring is 1. The molecule has 0 radical (unpaired) electrons. The topological polar surface area (TPSA) is 115 Å². The van der Waals surface area contributed by atoms with Crippen LogP contribution in [-0.4, -0.2) is 17.7 Å². The second kappa shape index (κ2) is 4.23. The maximum absolute atomic E-state index is 11.4. The van der Waals surface area contributed by atoms with Crippen LogP contribution >= 0.6 is 0 Å². The molecule has 0 bridgehead atoms. The number of rotatable bonds is 1. The molecule has 0 saturated heterocycles. The van der Waals surface area contributed by atoms with Gasteiger partial charge in [0.1, 0.15) is 0 Å². The van der Waals surface area contributed by atoms with E-state index in [2.05, 4.69) is 5.73 Å². The van der Waals surface area contributed by atoms with Gasteiger partial charge >= 0.3 is 11.8 Å². The van der Waals surface area contributed by atoms with Crippen molar-refractivity contribution >= 4 is 23.4 Å². The van der Waals surface area contributed by atoms with Crippen LogP contribution in [0.1, 0.15) is 10.4 Å². The van der Waals surface area contributed by atoms with Gasteiger partial charge in [0.25, 0.3) is 5.91 Å². The SMILES string of the molecule is NC(=O)C(=O)NC(=O)c1ccccc1N. The van der Waals surface area contributed by atoms with Crippen molar-refractivity contribution in [2.45, 2.75) is 0 Å². The molecule has 6 nitrogen and oxygen atoms in total. The normalized spacial score (nSPS) is 9.33. The summed E-state index contributed by atoms with van der Waals surface area (Å²) in [6.45, 7) is 0. The maximum atomic E-state index is 11.4. The summed E-state index contributed by atoms with van der Waals surface area (Å²) in [4.78, 5) is 32.5. The van der Waals surface area contributed by atoms with Crippen LogP contribution in [0.3, 0.4) is 0 Å². The molecule has 78 valence electrons. The van der Waals surface area contributed by atoms with Crippen molar-refractivity contribution in [3.05, 3.63) is 29.8 Å². The Labute approximate surface area is 85.2 Å². The van der Waals surface area contributed by atoms with Crippen LogP contribution in [0, 0.1) is 0 Å². The number of hydrogen-bond acceptors (Lipinski definition) is 4. The van der Waals surface area contributed by atoms with E-state index in [1.54, 1.807) is 17.4 Å². The Morgan fingerprint density at radius 3 is 2.27 bits per heavy atom. The van der Waals surface area contributed by atoms with Crippen LogP contribution in [0.25, 0.3) is 0 Å². The van der Waals surface area contributed by atoms with Crippen LogP contribution in [-0.2, 0) is 9.59 Å². The van der Waals surface area contributed by atoms with Crippen molar-refractivity contribution in [1.82, 2.24) is 5.32 Å². The number of nitrogens with one attached hydrogen (secondary N) is 1.